The topological polar surface area (TPSA) is 95.9 Å². The number of carbonyl (C=O) groups excluding carboxylic acids is 1. The molecule has 0 fully saturated rings. The van der Waals surface area contributed by atoms with Crippen LogP contribution in [0.25, 0.3) is 21.9 Å². The summed E-state index contributed by atoms with van der Waals surface area (Å²) >= 11 is 0. The van der Waals surface area contributed by atoms with E-state index in [4.69, 9.17) is 18.3 Å². The molecule has 0 aliphatic heterocycles. The van der Waals surface area contributed by atoms with E-state index < -0.39 is 30.2 Å². The van der Waals surface area contributed by atoms with Gasteiger partial charge in [0, 0.05) is 10.8 Å². The predicted octanol–water partition coefficient (Wildman–Crippen LogP) is 2.93. The first-order chi connectivity index (χ1) is 13.6. The molecule has 2 aromatic heterocycles. The summed E-state index contributed by atoms with van der Waals surface area (Å²) in [5.41, 5.74) is -0.500. The van der Waals surface area contributed by atoms with Crippen molar-refractivity contribution in [1.82, 2.24) is 0 Å². The van der Waals surface area contributed by atoms with Crippen LogP contribution in [0.4, 0.5) is 0 Å². The molecule has 7 nitrogen and oxygen atoms in total. The fraction of sp³-hybridized carbons (Fsp3) is 0.0952. The number of hydrogen-bond donors (Lipinski definition) is 0. The van der Waals surface area contributed by atoms with E-state index in [0.29, 0.717) is 21.9 Å². The van der Waals surface area contributed by atoms with E-state index in [1.165, 1.54) is 12.1 Å². The van der Waals surface area contributed by atoms with E-state index >= 15 is 0 Å². The minimum absolute atomic E-state index is 0.0720. The summed E-state index contributed by atoms with van der Waals surface area (Å²) in [6.45, 7) is -0.802. The molecule has 0 amide bonds. The molecule has 0 saturated heterocycles. The van der Waals surface area contributed by atoms with Crippen LogP contribution in [0.5, 0.6) is 11.5 Å². The first-order valence-corrected chi connectivity index (χ1v) is 8.43. The second-order valence-electron chi connectivity index (χ2n) is 5.99. The molecule has 2 aromatic carbocycles. The van der Waals surface area contributed by atoms with Gasteiger partial charge < -0.3 is 18.3 Å². The molecule has 0 bridgehead atoms. The zero-order valence-corrected chi connectivity index (χ0v) is 14.5. The number of Topliss-reactive ketones (excluding diaryl/α,β-unsaturated/α-hetero) is 1. The first kappa shape index (κ1) is 17.5. The molecule has 0 aliphatic rings. The maximum atomic E-state index is 12.0. The van der Waals surface area contributed by atoms with E-state index in [2.05, 4.69) is 0 Å². The van der Waals surface area contributed by atoms with Crippen LogP contribution in [-0.4, -0.2) is 19.0 Å². The number of ether oxygens (including phenoxy) is 2. The Morgan fingerprint density at radius 1 is 0.714 bits per heavy atom. The van der Waals surface area contributed by atoms with Gasteiger partial charge in [-0.2, -0.15) is 0 Å². The summed E-state index contributed by atoms with van der Waals surface area (Å²) < 4.78 is 20.8. The Kier molecular flexibility index (Phi) is 4.63. The smallest absolute Gasteiger partial charge is 0.379 e. The molecule has 2 heterocycles. The lowest BCUT2D eigenvalue weighted by molar-refractivity contribution is -0.123. The Morgan fingerprint density at radius 3 is 1.61 bits per heavy atom. The fourth-order valence-corrected chi connectivity index (χ4v) is 2.65. The van der Waals surface area contributed by atoms with Gasteiger partial charge in [-0.1, -0.05) is 36.4 Å². The zero-order valence-electron chi connectivity index (χ0n) is 14.5. The summed E-state index contributed by atoms with van der Waals surface area (Å²) in [5.74, 6) is -0.602. The Morgan fingerprint density at radius 2 is 1.14 bits per heavy atom. The highest BCUT2D eigenvalue weighted by atomic mass is 16.5. The van der Waals surface area contributed by atoms with Crippen LogP contribution in [0.2, 0.25) is 0 Å². The second kappa shape index (κ2) is 7.40. The van der Waals surface area contributed by atoms with Gasteiger partial charge >= 0.3 is 11.3 Å². The van der Waals surface area contributed by atoms with Gasteiger partial charge in [0.25, 0.3) is 0 Å². The third-order valence-corrected chi connectivity index (χ3v) is 4.00. The highest BCUT2D eigenvalue weighted by molar-refractivity contribution is 5.82. The number of carbonyl (C=O) groups is 1. The van der Waals surface area contributed by atoms with E-state index in [9.17, 15) is 14.4 Å². The fourth-order valence-electron chi connectivity index (χ4n) is 2.65. The molecule has 4 aromatic rings. The third-order valence-electron chi connectivity index (χ3n) is 4.00. The van der Waals surface area contributed by atoms with Crippen LogP contribution in [-0.2, 0) is 4.79 Å². The normalized spacial score (nSPS) is 10.9. The van der Waals surface area contributed by atoms with Gasteiger partial charge in [0.2, 0.25) is 17.3 Å². The predicted molar refractivity (Wildman–Crippen MR) is 101 cm³/mol. The molecule has 140 valence electrons. The van der Waals surface area contributed by atoms with Crippen molar-refractivity contribution in [2.24, 2.45) is 0 Å². The monoisotopic (exact) mass is 378 g/mol. The molecule has 0 atom stereocenters. The van der Waals surface area contributed by atoms with Gasteiger partial charge in [0.05, 0.1) is 0 Å². The zero-order chi connectivity index (χ0) is 19.5. The van der Waals surface area contributed by atoms with Crippen molar-refractivity contribution in [1.29, 1.82) is 0 Å². The Bertz CT molecular complexity index is 1180. The van der Waals surface area contributed by atoms with Gasteiger partial charge in [0.15, 0.2) is 13.2 Å². The van der Waals surface area contributed by atoms with Gasteiger partial charge in [-0.25, -0.2) is 9.59 Å². The molecule has 4 rings (SSSR count). The van der Waals surface area contributed by atoms with Crippen LogP contribution in [0.15, 0.2) is 79.1 Å². The third kappa shape index (κ3) is 3.64. The molecule has 0 spiro atoms. The van der Waals surface area contributed by atoms with Crippen molar-refractivity contribution in [2.75, 3.05) is 13.2 Å². The van der Waals surface area contributed by atoms with Gasteiger partial charge in [-0.05, 0) is 24.3 Å². The molecule has 0 aliphatic carbocycles. The average molecular weight is 378 g/mol. The summed E-state index contributed by atoms with van der Waals surface area (Å²) in [6.07, 6.45) is 0. The second-order valence-corrected chi connectivity index (χ2v) is 5.99. The average Bonchev–Trinajstić information content (AvgIpc) is 2.70. The number of fused-ring (bicyclic) bond motifs is 2. The number of ketones is 1. The standard InChI is InChI=1S/C21H14O7/c22-15(11-25-18-9-13-5-1-3-7-16(13)27-20(18)23)12-26-19-10-14-6-2-4-8-17(14)28-21(19)24/h1-10H,11-12H2. The molecule has 7 heteroatoms. The van der Waals surface area contributed by atoms with E-state index in [1.54, 1.807) is 48.5 Å². The summed E-state index contributed by atoms with van der Waals surface area (Å²) in [6, 6.07) is 16.9. The highest BCUT2D eigenvalue weighted by Crippen LogP contribution is 2.17. The molecule has 0 N–H and O–H groups in total. The Hall–Kier alpha value is -3.87. The van der Waals surface area contributed by atoms with E-state index in [1.807, 2.05) is 0 Å². The minimum atomic E-state index is -0.678. The van der Waals surface area contributed by atoms with Crippen molar-refractivity contribution < 1.29 is 23.1 Å². The molecule has 0 unspecified atom stereocenters. The largest absolute Gasteiger partial charge is 0.478 e. The molecular weight excluding hydrogens is 364 g/mol. The lowest BCUT2D eigenvalue weighted by atomic mass is 10.2. The number of benzene rings is 2. The van der Waals surface area contributed by atoms with Crippen molar-refractivity contribution in [3.63, 3.8) is 0 Å². The summed E-state index contributed by atoms with van der Waals surface area (Å²) in [7, 11) is 0. The maximum Gasteiger partial charge on any atom is 0.379 e. The highest BCUT2D eigenvalue weighted by Gasteiger charge is 2.12. The van der Waals surface area contributed by atoms with Crippen molar-refractivity contribution >= 4 is 27.7 Å². The van der Waals surface area contributed by atoms with Crippen LogP contribution in [0.3, 0.4) is 0 Å². The number of rotatable bonds is 6. The van der Waals surface area contributed by atoms with Gasteiger partial charge in [-0.3, -0.25) is 4.79 Å². The quantitative estimate of drug-likeness (QED) is 0.476. The van der Waals surface area contributed by atoms with E-state index in [0.717, 1.165) is 0 Å². The lowest BCUT2D eigenvalue weighted by Crippen LogP contribution is -2.22. The summed E-state index contributed by atoms with van der Waals surface area (Å²) in [5, 5.41) is 1.35. The first-order valence-electron chi connectivity index (χ1n) is 8.43. The van der Waals surface area contributed by atoms with Crippen LogP contribution in [0, 0.1) is 0 Å². The van der Waals surface area contributed by atoms with Gasteiger partial charge in [0.1, 0.15) is 11.2 Å². The lowest BCUT2D eigenvalue weighted by Gasteiger charge is -2.07. The van der Waals surface area contributed by atoms with Crippen LogP contribution >= 0.6 is 0 Å². The summed E-state index contributed by atoms with van der Waals surface area (Å²) in [4.78, 5) is 35.8. The van der Waals surface area contributed by atoms with Crippen LogP contribution < -0.4 is 20.7 Å². The maximum absolute atomic E-state index is 12.0. The molecular formula is C21H14O7. The Balaban J connectivity index is 1.41. The Labute approximate surface area is 157 Å². The van der Waals surface area contributed by atoms with Gasteiger partial charge in [-0.15, -0.1) is 0 Å². The van der Waals surface area contributed by atoms with Crippen molar-refractivity contribution in [3.8, 4) is 11.5 Å². The van der Waals surface area contributed by atoms with Crippen LogP contribution in [0.1, 0.15) is 0 Å². The number of hydrogen-bond acceptors (Lipinski definition) is 7. The SMILES string of the molecule is O=C(COc1cc2ccccc2oc1=O)COc1cc2ccccc2oc1=O. The number of para-hydroxylation sites is 2. The molecule has 0 saturated carbocycles. The molecule has 28 heavy (non-hydrogen) atoms. The van der Waals surface area contributed by atoms with Crippen molar-refractivity contribution in [3.05, 3.63) is 81.5 Å². The molecule has 0 radical (unpaired) electrons. The minimum Gasteiger partial charge on any atom is -0.478 e. The van der Waals surface area contributed by atoms with Crippen molar-refractivity contribution in [2.45, 2.75) is 0 Å². The van der Waals surface area contributed by atoms with E-state index in [-0.39, 0.29) is 11.5 Å².